The van der Waals surface area contributed by atoms with Crippen LogP contribution in [0, 0.1) is 6.92 Å². The van der Waals surface area contributed by atoms with Gasteiger partial charge in [0.05, 0.1) is 24.2 Å². The van der Waals surface area contributed by atoms with Crippen LogP contribution < -0.4 is 10.6 Å². The van der Waals surface area contributed by atoms with E-state index in [4.69, 9.17) is 4.42 Å². The monoisotopic (exact) mass is 338 g/mol. The number of furan rings is 1. The van der Waals surface area contributed by atoms with Crippen molar-refractivity contribution in [2.75, 3.05) is 5.32 Å². The molecular formula is C18H18N4O3. The van der Waals surface area contributed by atoms with Crippen LogP contribution >= 0.6 is 0 Å². The van der Waals surface area contributed by atoms with Crippen LogP contribution in [0.5, 0.6) is 0 Å². The molecule has 25 heavy (non-hydrogen) atoms. The van der Waals surface area contributed by atoms with Crippen LogP contribution in [0.4, 0.5) is 5.82 Å². The lowest BCUT2D eigenvalue weighted by Crippen LogP contribution is -2.37. The van der Waals surface area contributed by atoms with Crippen LogP contribution in [0.1, 0.15) is 24.3 Å². The maximum atomic E-state index is 12.2. The molecule has 0 radical (unpaired) electrons. The lowest BCUT2D eigenvalue weighted by molar-refractivity contribution is -0.136. The maximum absolute atomic E-state index is 12.2. The highest BCUT2D eigenvalue weighted by molar-refractivity contribution is 6.39. The molecule has 0 aliphatic heterocycles. The summed E-state index contributed by atoms with van der Waals surface area (Å²) in [4.78, 5) is 24.3. The number of para-hydroxylation sites is 1. The number of carbonyl (C=O) groups is 2. The quantitative estimate of drug-likeness (QED) is 0.716. The summed E-state index contributed by atoms with van der Waals surface area (Å²) in [7, 11) is 0. The van der Waals surface area contributed by atoms with Crippen LogP contribution in [0.25, 0.3) is 5.69 Å². The third-order valence-corrected chi connectivity index (χ3v) is 3.75. The largest absolute Gasteiger partial charge is 0.467 e. The highest BCUT2D eigenvalue weighted by atomic mass is 16.3. The van der Waals surface area contributed by atoms with Crippen molar-refractivity contribution in [2.45, 2.75) is 19.9 Å². The number of benzene rings is 1. The minimum atomic E-state index is -0.770. The second kappa shape index (κ2) is 7.04. The van der Waals surface area contributed by atoms with Gasteiger partial charge in [0.15, 0.2) is 0 Å². The molecule has 0 bridgehead atoms. The summed E-state index contributed by atoms with van der Waals surface area (Å²) >= 11 is 0. The van der Waals surface area contributed by atoms with E-state index in [-0.39, 0.29) is 0 Å². The number of nitrogens with one attached hydrogen (secondary N) is 2. The fraction of sp³-hybridized carbons (Fsp3) is 0.167. The Bertz CT molecular complexity index is 883. The standard InChI is InChI=1S/C18H18N4O3/c1-12-6-3-4-7-14(12)22-16(9-10-19-22)21-18(24)17(23)20-13(2)15-8-5-11-25-15/h3-11,13H,1-2H3,(H,20,23)(H,21,24). The van der Waals surface area contributed by atoms with E-state index in [1.807, 2.05) is 31.2 Å². The van der Waals surface area contributed by atoms with Crippen molar-refractivity contribution >= 4 is 17.6 Å². The summed E-state index contributed by atoms with van der Waals surface area (Å²) in [6.07, 6.45) is 3.07. The maximum Gasteiger partial charge on any atom is 0.314 e. The number of nitrogens with zero attached hydrogens (tertiary/aromatic N) is 2. The van der Waals surface area contributed by atoms with E-state index in [1.165, 1.54) is 6.26 Å². The molecule has 0 saturated heterocycles. The molecule has 2 aromatic heterocycles. The Morgan fingerprint density at radius 3 is 2.64 bits per heavy atom. The first-order valence-electron chi connectivity index (χ1n) is 7.81. The third-order valence-electron chi connectivity index (χ3n) is 3.75. The minimum Gasteiger partial charge on any atom is -0.467 e. The zero-order chi connectivity index (χ0) is 17.8. The molecule has 7 heteroatoms. The average molecular weight is 338 g/mol. The molecule has 3 rings (SSSR count). The van der Waals surface area contributed by atoms with E-state index in [9.17, 15) is 9.59 Å². The van der Waals surface area contributed by atoms with Gasteiger partial charge >= 0.3 is 11.8 Å². The van der Waals surface area contributed by atoms with Crippen LogP contribution in [0.15, 0.2) is 59.3 Å². The molecule has 3 aromatic rings. The van der Waals surface area contributed by atoms with Gasteiger partial charge in [-0.2, -0.15) is 5.10 Å². The first-order chi connectivity index (χ1) is 12.1. The molecule has 0 spiro atoms. The molecule has 128 valence electrons. The molecule has 2 heterocycles. The number of aryl methyl sites for hydroxylation is 1. The molecule has 0 aliphatic rings. The third kappa shape index (κ3) is 3.60. The fourth-order valence-electron chi connectivity index (χ4n) is 2.44. The predicted molar refractivity (Wildman–Crippen MR) is 92.2 cm³/mol. The number of carbonyl (C=O) groups excluding carboxylic acids is 2. The van der Waals surface area contributed by atoms with Crippen molar-refractivity contribution in [3.05, 3.63) is 66.2 Å². The topological polar surface area (TPSA) is 89.2 Å². The van der Waals surface area contributed by atoms with Crippen LogP contribution in [-0.2, 0) is 9.59 Å². The Kier molecular flexibility index (Phi) is 4.65. The molecule has 0 fully saturated rings. The Hall–Kier alpha value is -3.35. The summed E-state index contributed by atoms with van der Waals surface area (Å²) in [6.45, 7) is 3.68. The number of rotatable bonds is 4. The van der Waals surface area contributed by atoms with Gasteiger partial charge in [-0.05, 0) is 37.6 Å². The SMILES string of the molecule is Cc1ccccc1-n1nccc1NC(=O)C(=O)NC(C)c1ccco1. The average Bonchev–Trinajstić information content (AvgIpc) is 3.27. The Morgan fingerprint density at radius 1 is 1.12 bits per heavy atom. The van der Waals surface area contributed by atoms with E-state index < -0.39 is 17.9 Å². The van der Waals surface area contributed by atoms with Gasteiger partial charge in [0, 0.05) is 6.07 Å². The van der Waals surface area contributed by atoms with Crippen LogP contribution in [0.3, 0.4) is 0 Å². The summed E-state index contributed by atoms with van der Waals surface area (Å²) in [5, 5.41) is 9.39. The zero-order valence-electron chi connectivity index (χ0n) is 13.9. The Morgan fingerprint density at radius 2 is 1.92 bits per heavy atom. The Labute approximate surface area is 144 Å². The lowest BCUT2D eigenvalue weighted by atomic mass is 10.2. The summed E-state index contributed by atoms with van der Waals surface area (Å²) in [6, 6.07) is 12.3. The molecule has 1 aromatic carbocycles. The van der Waals surface area contributed by atoms with E-state index in [1.54, 1.807) is 36.0 Å². The minimum absolute atomic E-state index is 0.408. The summed E-state index contributed by atoms with van der Waals surface area (Å²) in [5.41, 5.74) is 1.82. The van der Waals surface area contributed by atoms with Gasteiger partial charge in [0.25, 0.3) is 0 Å². The van der Waals surface area contributed by atoms with E-state index >= 15 is 0 Å². The van der Waals surface area contributed by atoms with E-state index in [0.717, 1.165) is 11.3 Å². The molecule has 1 unspecified atom stereocenters. The molecule has 2 N–H and O–H groups in total. The van der Waals surface area contributed by atoms with Crippen LogP contribution in [-0.4, -0.2) is 21.6 Å². The second-order valence-corrected chi connectivity index (χ2v) is 5.58. The zero-order valence-corrected chi connectivity index (χ0v) is 13.9. The highest BCUT2D eigenvalue weighted by Crippen LogP contribution is 2.18. The van der Waals surface area contributed by atoms with Crippen molar-refractivity contribution in [2.24, 2.45) is 0 Å². The van der Waals surface area contributed by atoms with Crippen molar-refractivity contribution in [1.82, 2.24) is 15.1 Å². The Balaban J connectivity index is 1.71. The van der Waals surface area contributed by atoms with Crippen molar-refractivity contribution < 1.29 is 14.0 Å². The first-order valence-corrected chi connectivity index (χ1v) is 7.81. The molecule has 0 aliphatic carbocycles. The van der Waals surface area contributed by atoms with Gasteiger partial charge < -0.3 is 15.1 Å². The van der Waals surface area contributed by atoms with Gasteiger partial charge in [-0.1, -0.05) is 18.2 Å². The van der Waals surface area contributed by atoms with E-state index in [2.05, 4.69) is 15.7 Å². The number of amides is 2. The normalized spacial score (nSPS) is 11.8. The molecular weight excluding hydrogens is 320 g/mol. The predicted octanol–water partition coefficient (Wildman–Crippen LogP) is 2.59. The number of anilines is 1. The van der Waals surface area contributed by atoms with Crippen molar-refractivity contribution in [1.29, 1.82) is 0 Å². The van der Waals surface area contributed by atoms with Crippen LogP contribution in [0.2, 0.25) is 0 Å². The van der Waals surface area contributed by atoms with Gasteiger partial charge in [0.1, 0.15) is 11.6 Å². The number of aromatic nitrogens is 2. The molecule has 1 atom stereocenters. The van der Waals surface area contributed by atoms with Gasteiger partial charge in [0.2, 0.25) is 0 Å². The summed E-state index contributed by atoms with van der Waals surface area (Å²) in [5.74, 6) is -0.527. The fourth-order valence-corrected chi connectivity index (χ4v) is 2.44. The summed E-state index contributed by atoms with van der Waals surface area (Å²) < 4.78 is 6.79. The highest BCUT2D eigenvalue weighted by Gasteiger charge is 2.20. The van der Waals surface area contributed by atoms with Crippen molar-refractivity contribution in [3.63, 3.8) is 0 Å². The van der Waals surface area contributed by atoms with Gasteiger partial charge in [-0.3, -0.25) is 9.59 Å². The molecule has 0 saturated carbocycles. The van der Waals surface area contributed by atoms with Gasteiger partial charge in [-0.15, -0.1) is 0 Å². The molecule has 2 amide bonds. The molecule has 7 nitrogen and oxygen atoms in total. The number of hydrogen-bond acceptors (Lipinski definition) is 4. The van der Waals surface area contributed by atoms with E-state index in [0.29, 0.717) is 11.6 Å². The first kappa shape index (κ1) is 16.5. The van der Waals surface area contributed by atoms with Crippen molar-refractivity contribution in [3.8, 4) is 5.69 Å². The lowest BCUT2D eigenvalue weighted by Gasteiger charge is -2.13. The smallest absolute Gasteiger partial charge is 0.314 e. The second-order valence-electron chi connectivity index (χ2n) is 5.58. The van der Waals surface area contributed by atoms with Gasteiger partial charge in [-0.25, -0.2) is 4.68 Å². The number of hydrogen-bond donors (Lipinski definition) is 2.